The Morgan fingerprint density at radius 3 is 1.52 bits per heavy atom. The van der Waals surface area contributed by atoms with Gasteiger partial charge in [-0.3, -0.25) is 9.59 Å². The zero-order valence-corrected chi connectivity index (χ0v) is 40.3. The summed E-state index contributed by atoms with van der Waals surface area (Å²) in [5, 5.41) is 72.0. The molecule has 0 saturated carbocycles. The van der Waals surface area contributed by atoms with Gasteiger partial charge in [0.25, 0.3) is 0 Å². The lowest BCUT2D eigenvalue weighted by Crippen LogP contribution is -2.61. The molecule has 2 fully saturated rings. The molecular weight excluding hydrogens is 853 g/mol. The minimum Gasteiger partial charge on any atom is -0.462 e. The van der Waals surface area contributed by atoms with Gasteiger partial charge in [0, 0.05) is 12.8 Å². The molecule has 0 amide bonds. The van der Waals surface area contributed by atoms with E-state index in [9.17, 15) is 45.3 Å². The van der Waals surface area contributed by atoms with Gasteiger partial charge in [-0.25, -0.2) is 0 Å². The van der Waals surface area contributed by atoms with Gasteiger partial charge < -0.3 is 64.2 Å². The van der Waals surface area contributed by atoms with E-state index in [0.29, 0.717) is 12.8 Å². The number of allylic oxidation sites excluding steroid dienone is 5. The third-order valence-corrected chi connectivity index (χ3v) is 12.2. The normalized spacial score (nSPS) is 26.2. The van der Waals surface area contributed by atoms with Gasteiger partial charge in [-0.1, -0.05) is 140 Å². The summed E-state index contributed by atoms with van der Waals surface area (Å²) in [6, 6.07) is 0. The number of rotatable bonds is 40. The van der Waals surface area contributed by atoms with Crippen molar-refractivity contribution in [3.63, 3.8) is 0 Å². The van der Waals surface area contributed by atoms with E-state index in [2.05, 4.69) is 37.8 Å². The summed E-state index contributed by atoms with van der Waals surface area (Å²) in [5.41, 5.74) is 0. The van der Waals surface area contributed by atoms with Crippen molar-refractivity contribution >= 4 is 11.9 Å². The number of ether oxygens (including phenoxy) is 6. The fourth-order valence-corrected chi connectivity index (χ4v) is 7.99. The van der Waals surface area contributed by atoms with E-state index in [1.54, 1.807) is 0 Å². The van der Waals surface area contributed by atoms with Gasteiger partial charge in [0.1, 0.15) is 55.4 Å². The maximum atomic E-state index is 13.0. The van der Waals surface area contributed by atoms with E-state index in [-0.39, 0.29) is 26.1 Å². The largest absolute Gasteiger partial charge is 0.462 e. The van der Waals surface area contributed by atoms with Crippen molar-refractivity contribution in [3.05, 3.63) is 37.0 Å². The first-order chi connectivity index (χ1) is 32.0. The highest BCUT2D eigenvalue weighted by Gasteiger charge is 2.47. The Kier molecular flexibility index (Phi) is 35.0. The zero-order valence-electron chi connectivity index (χ0n) is 40.3. The standard InChI is InChI=1S/C51H90O15/c1-3-5-7-9-11-13-15-17-19-21-23-25-27-29-31-33-42(53)61-36-39(64-43(54)34-32-30-28-26-24-22-20-18-16-14-12-10-8-6-4-2)37-62-50-49(60)47(58)45(56)41(66-50)38-63-51-48(59)46(57)44(55)40(35-52)65-51/h4,11,13,17,19,39-41,44-52,55-60H,2-3,5-10,12,14-16,18,20-38H2,1H3/b13-11+,19-17+/t39-,40-,41-,44+,45+,46?,47?,48?,49?,50-,51-/m1/s1. The molecule has 0 spiro atoms. The lowest BCUT2D eigenvalue weighted by atomic mass is 9.98. The molecule has 4 unspecified atom stereocenters. The molecule has 2 saturated heterocycles. The molecule has 0 aliphatic carbocycles. The van der Waals surface area contributed by atoms with Crippen LogP contribution in [0.15, 0.2) is 37.0 Å². The summed E-state index contributed by atoms with van der Waals surface area (Å²) in [6.07, 6.45) is 22.0. The number of carbonyl (C=O) groups excluding carboxylic acids is 2. The fraction of sp³-hybridized carbons (Fsp3) is 0.843. The average Bonchev–Trinajstić information content (AvgIpc) is 3.31. The minimum atomic E-state index is -1.77. The summed E-state index contributed by atoms with van der Waals surface area (Å²) in [7, 11) is 0. The van der Waals surface area contributed by atoms with E-state index in [0.717, 1.165) is 70.6 Å². The molecular formula is C51H90O15. The quantitative estimate of drug-likeness (QED) is 0.0188. The second-order valence-electron chi connectivity index (χ2n) is 18.1. The number of aliphatic hydroxyl groups excluding tert-OH is 7. The van der Waals surface area contributed by atoms with Gasteiger partial charge in [-0.2, -0.15) is 0 Å². The molecule has 2 rings (SSSR count). The molecule has 7 N–H and O–H groups in total. The van der Waals surface area contributed by atoms with E-state index in [1.807, 2.05) is 6.08 Å². The number of aliphatic hydroxyl groups is 7. The molecule has 15 nitrogen and oxygen atoms in total. The Labute approximate surface area is 395 Å². The molecule has 0 aromatic carbocycles. The molecule has 2 aliphatic heterocycles. The third kappa shape index (κ3) is 26.5. The van der Waals surface area contributed by atoms with Crippen molar-refractivity contribution in [2.24, 2.45) is 0 Å². The summed E-state index contributed by atoms with van der Waals surface area (Å²) < 4.78 is 33.6. The van der Waals surface area contributed by atoms with Crippen LogP contribution in [-0.4, -0.2) is 142 Å². The summed E-state index contributed by atoms with van der Waals surface area (Å²) in [4.78, 5) is 25.7. The van der Waals surface area contributed by atoms with Crippen LogP contribution in [0.4, 0.5) is 0 Å². The lowest BCUT2D eigenvalue weighted by molar-refractivity contribution is -0.332. The third-order valence-electron chi connectivity index (χ3n) is 12.2. The lowest BCUT2D eigenvalue weighted by Gasteiger charge is -2.42. The molecule has 2 heterocycles. The predicted molar refractivity (Wildman–Crippen MR) is 252 cm³/mol. The molecule has 384 valence electrons. The molecule has 2 aliphatic rings. The summed E-state index contributed by atoms with van der Waals surface area (Å²) in [6.45, 7) is 4.08. The Hall–Kier alpha value is -2.28. The van der Waals surface area contributed by atoms with Crippen LogP contribution in [0.3, 0.4) is 0 Å². The first-order valence-corrected chi connectivity index (χ1v) is 25.5. The Morgan fingerprint density at radius 1 is 0.530 bits per heavy atom. The second-order valence-corrected chi connectivity index (χ2v) is 18.1. The van der Waals surface area contributed by atoms with Gasteiger partial charge in [-0.05, 0) is 57.8 Å². The van der Waals surface area contributed by atoms with Crippen molar-refractivity contribution in [3.8, 4) is 0 Å². The predicted octanol–water partition coefficient (Wildman–Crippen LogP) is 6.93. The van der Waals surface area contributed by atoms with Gasteiger partial charge in [-0.15, -0.1) is 6.58 Å². The molecule has 0 aromatic heterocycles. The molecule has 15 heteroatoms. The highest BCUT2D eigenvalue weighted by molar-refractivity contribution is 5.70. The number of esters is 2. The van der Waals surface area contributed by atoms with Gasteiger partial charge in [0.05, 0.1) is 19.8 Å². The van der Waals surface area contributed by atoms with Crippen molar-refractivity contribution in [1.29, 1.82) is 0 Å². The van der Waals surface area contributed by atoms with Crippen molar-refractivity contribution in [2.45, 2.75) is 248 Å². The maximum absolute atomic E-state index is 13.0. The molecule has 0 bridgehead atoms. The van der Waals surface area contributed by atoms with Crippen molar-refractivity contribution in [1.82, 2.24) is 0 Å². The smallest absolute Gasteiger partial charge is 0.306 e. The SMILES string of the molecule is C=CCCCCCCCCCCCCCCCC(=O)O[C@H](COC(=O)CCCCCCC/C=C/C/C=C/CCCCC)CO[C@@H]1O[C@H](CO[C@@H]2O[C@H](CO)[C@H](O)C(O)C2O)[C@H](O)C(O)C1O. The van der Waals surface area contributed by atoms with Crippen molar-refractivity contribution < 1.29 is 73.8 Å². The average molecular weight is 943 g/mol. The van der Waals surface area contributed by atoms with Crippen LogP contribution in [0.5, 0.6) is 0 Å². The van der Waals surface area contributed by atoms with Crippen LogP contribution in [0.1, 0.15) is 180 Å². The van der Waals surface area contributed by atoms with Gasteiger partial charge in [0.15, 0.2) is 18.7 Å². The van der Waals surface area contributed by atoms with Crippen LogP contribution in [0.2, 0.25) is 0 Å². The molecule has 66 heavy (non-hydrogen) atoms. The Bertz CT molecular complexity index is 1280. The maximum Gasteiger partial charge on any atom is 0.306 e. The zero-order chi connectivity index (χ0) is 48.2. The Morgan fingerprint density at radius 2 is 0.985 bits per heavy atom. The first kappa shape index (κ1) is 59.8. The highest BCUT2D eigenvalue weighted by Crippen LogP contribution is 2.26. The minimum absolute atomic E-state index is 0.161. The fourth-order valence-electron chi connectivity index (χ4n) is 7.99. The van der Waals surface area contributed by atoms with E-state index >= 15 is 0 Å². The van der Waals surface area contributed by atoms with Crippen LogP contribution >= 0.6 is 0 Å². The van der Waals surface area contributed by atoms with E-state index < -0.39 is 92.7 Å². The van der Waals surface area contributed by atoms with Crippen LogP contribution in [0.25, 0.3) is 0 Å². The topological polar surface area (TPSA) is 231 Å². The Balaban J connectivity index is 1.81. The van der Waals surface area contributed by atoms with Crippen LogP contribution < -0.4 is 0 Å². The number of hydrogen-bond donors (Lipinski definition) is 7. The second kappa shape index (κ2) is 38.6. The van der Waals surface area contributed by atoms with Gasteiger partial charge in [0.2, 0.25) is 0 Å². The highest BCUT2D eigenvalue weighted by atomic mass is 16.7. The summed E-state index contributed by atoms with van der Waals surface area (Å²) >= 11 is 0. The molecule has 11 atom stereocenters. The van der Waals surface area contributed by atoms with Gasteiger partial charge >= 0.3 is 11.9 Å². The number of carbonyl (C=O) groups is 2. The van der Waals surface area contributed by atoms with Crippen molar-refractivity contribution in [2.75, 3.05) is 26.4 Å². The number of hydrogen-bond acceptors (Lipinski definition) is 15. The van der Waals surface area contributed by atoms with E-state index in [4.69, 9.17) is 28.4 Å². The van der Waals surface area contributed by atoms with Crippen LogP contribution in [0, 0.1) is 0 Å². The molecule has 0 radical (unpaired) electrons. The summed E-state index contributed by atoms with van der Waals surface area (Å²) in [5.74, 6) is -0.942. The van der Waals surface area contributed by atoms with E-state index in [1.165, 1.54) is 77.0 Å². The first-order valence-electron chi connectivity index (χ1n) is 25.5. The number of unbranched alkanes of at least 4 members (excludes halogenated alkanes) is 21. The molecule has 0 aromatic rings. The van der Waals surface area contributed by atoms with Crippen LogP contribution in [-0.2, 0) is 38.0 Å². The monoisotopic (exact) mass is 943 g/mol.